The first-order valence-corrected chi connectivity index (χ1v) is 9.92. The van der Waals surface area contributed by atoms with Crippen LogP contribution in [0.1, 0.15) is 25.3 Å². The van der Waals surface area contributed by atoms with E-state index in [9.17, 15) is 13.0 Å². The molecule has 0 saturated carbocycles. The van der Waals surface area contributed by atoms with Crippen LogP contribution in [-0.2, 0) is 16.7 Å². The highest BCUT2D eigenvalue weighted by Gasteiger charge is 2.07. The second kappa shape index (κ2) is 9.30. The minimum atomic E-state index is -3.94. The Bertz CT molecular complexity index is 888. The van der Waals surface area contributed by atoms with Gasteiger partial charge in [0.2, 0.25) is 5.52 Å². The molecule has 1 heterocycles. The monoisotopic (exact) mass is 357 g/mol. The van der Waals surface area contributed by atoms with Crippen molar-refractivity contribution in [3.63, 3.8) is 0 Å². The minimum absolute atomic E-state index is 0.219. The molecule has 4 nitrogen and oxygen atoms in total. The highest BCUT2D eigenvalue weighted by molar-refractivity contribution is 7.85. The Morgan fingerprint density at radius 2 is 1.56 bits per heavy atom. The zero-order chi connectivity index (χ0) is 18.1. The molecule has 0 saturated heterocycles. The molecule has 0 amide bonds. The summed E-state index contributed by atoms with van der Waals surface area (Å²) in [4.78, 5) is 0. The first-order chi connectivity index (χ1) is 12.0. The van der Waals surface area contributed by atoms with Gasteiger partial charge in [-0.15, -0.1) is 0 Å². The molecule has 0 unspecified atom stereocenters. The molecule has 0 spiro atoms. The molecule has 1 aromatic heterocycles. The molecular weight excluding hydrogens is 334 g/mol. The fourth-order valence-electron chi connectivity index (χ4n) is 2.46. The number of unbranched alkanes of at least 4 members (excludes halogenated alkanes) is 1. The van der Waals surface area contributed by atoms with Gasteiger partial charge in [-0.1, -0.05) is 55.8 Å². The van der Waals surface area contributed by atoms with Crippen molar-refractivity contribution < 1.29 is 17.5 Å². The van der Waals surface area contributed by atoms with Gasteiger partial charge in [-0.3, -0.25) is 0 Å². The number of rotatable bonds is 5. The van der Waals surface area contributed by atoms with E-state index in [0.717, 1.165) is 13.0 Å². The minimum Gasteiger partial charge on any atom is -0.748 e. The van der Waals surface area contributed by atoms with E-state index in [1.165, 1.54) is 16.5 Å². The quantitative estimate of drug-likeness (QED) is 0.518. The van der Waals surface area contributed by atoms with Gasteiger partial charge in [0, 0.05) is 28.8 Å². The number of hydrogen-bond acceptors (Lipinski definition) is 3. The molecule has 0 aliphatic carbocycles. The second-order valence-corrected chi connectivity index (χ2v) is 7.32. The molecule has 0 bridgehead atoms. The van der Waals surface area contributed by atoms with E-state index in [2.05, 4.69) is 77.5 Å². The van der Waals surface area contributed by atoms with Crippen molar-refractivity contribution in [2.75, 3.05) is 5.75 Å². The molecule has 0 radical (unpaired) electrons. The highest BCUT2D eigenvalue weighted by atomic mass is 32.2. The zero-order valence-electron chi connectivity index (χ0n) is 14.3. The van der Waals surface area contributed by atoms with Crippen molar-refractivity contribution in [1.82, 2.24) is 0 Å². The third kappa shape index (κ3) is 6.64. The SMILES string of the molecule is CCCCS(=O)(=O)[O-].c1ccc(C[n+]2cccc3ccccc32)cc1. The summed E-state index contributed by atoms with van der Waals surface area (Å²) < 4.78 is 31.8. The van der Waals surface area contributed by atoms with E-state index >= 15 is 0 Å². The predicted molar refractivity (Wildman–Crippen MR) is 99.2 cm³/mol. The van der Waals surface area contributed by atoms with Crippen molar-refractivity contribution in [2.24, 2.45) is 0 Å². The Hall–Kier alpha value is -2.24. The highest BCUT2D eigenvalue weighted by Crippen LogP contribution is 2.09. The third-order valence-corrected chi connectivity index (χ3v) is 4.52. The van der Waals surface area contributed by atoms with Crippen LogP contribution in [-0.4, -0.2) is 18.7 Å². The van der Waals surface area contributed by atoms with Gasteiger partial charge in [-0.05, 0) is 18.6 Å². The van der Waals surface area contributed by atoms with Gasteiger partial charge in [0.05, 0.1) is 10.1 Å². The van der Waals surface area contributed by atoms with E-state index in [1.807, 2.05) is 6.92 Å². The molecular formula is C20H23NO3S. The van der Waals surface area contributed by atoms with Gasteiger partial charge in [0.1, 0.15) is 0 Å². The average Bonchev–Trinajstić information content (AvgIpc) is 2.61. The summed E-state index contributed by atoms with van der Waals surface area (Å²) >= 11 is 0. The van der Waals surface area contributed by atoms with Gasteiger partial charge < -0.3 is 4.55 Å². The Morgan fingerprint density at radius 1 is 0.920 bits per heavy atom. The van der Waals surface area contributed by atoms with Gasteiger partial charge in [0.25, 0.3) is 0 Å². The fraction of sp³-hybridized carbons (Fsp3) is 0.250. The number of benzene rings is 2. The Morgan fingerprint density at radius 3 is 2.20 bits per heavy atom. The maximum atomic E-state index is 9.83. The molecule has 0 fully saturated rings. The number of nitrogens with zero attached hydrogens (tertiary/aromatic N) is 1. The zero-order valence-corrected chi connectivity index (χ0v) is 15.2. The number of fused-ring (bicyclic) bond motifs is 1. The lowest BCUT2D eigenvalue weighted by Gasteiger charge is -2.02. The summed E-state index contributed by atoms with van der Waals surface area (Å²) in [7, 11) is -3.94. The Balaban J connectivity index is 0.000000242. The molecule has 5 heteroatoms. The van der Waals surface area contributed by atoms with Crippen LogP contribution < -0.4 is 4.57 Å². The van der Waals surface area contributed by atoms with Crippen molar-refractivity contribution in [3.05, 3.63) is 78.5 Å². The number of hydrogen-bond donors (Lipinski definition) is 0. The summed E-state index contributed by atoms with van der Waals surface area (Å²) in [6, 6.07) is 23.3. The Kier molecular flexibility index (Phi) is 7.10. The van der Waals surface area contributed by atoms with Gasteiger partial charge in [-0.25, -0.2) is 8.42 Å². The molecule has 0 N–H and O–H groups in total. The Labute approximate surface area is 149 Å². The van der Waals surface area contributed by atoms with Crippen LogP contribution in [0.3, 0.4) is 0 Å². The standard InChI is InChI=1S/C16H14N.C4H10O3S/c1-2-7-14(8-3-1)13-17-12-6-10-15-9-4-5-11-16(15)17;1-2-3-4-8(5,6)7/h1-12H,13H2;2-4H2,1H3,(H,5,6,7)/q+1;/p-1. The van der Waals surface area contributed by atoms with Crippen LogP contribution in [0.2, 0.25) is 0 Å². The normalized spacial score (nSPS) is 11.0. The summed E-state index contributed by atoms with van der Waals surface area (Å²) in [5.74, 6) is -0.219. The number of pyridine rings is 1. The second-order valence-electron chi connectivity index (χ2n) is 5.80. The van der Waals surface area contributed by atoms with Gasteiger partial charge in [0.15, 0.2) is 12.7 Å². The lowest BCUT2D eigenvalue weighted by Crippen LogP contribution is -2.34. The molecule has 2 aromatic carbocycles. The molecule has 3 aromatic rings. The van der Waals surface area contributed by atoms with Crippen LogP contribution in [0.25, 0.3) is 10.9 Å². The van der Waals surface area contributed by atoms with Crippen LogP contribution in [0.15, 0.2) is 72.9 Å². The largest absolute Gasteiger partial charge is 0.748 e. The van der Waals surface area contributed by atoms with Gasteiger partial charge >= 0.3 is 0 Å². The van der Waals surface area contributed by atoms with E-state index in [0.29, 0.717) is 6.42 Å². The molecule has 0 aliphatic rings. The first-order valence-electron chi connectivity index (χ1n) is 8.34. The molecule has 25 heavy (non-hydrogen) atoms. The molecule has 0 atom stereocenters. The molecule has 132 valence electrons. The predicted octanol–water partition coefficient (Wildman–Crippen LogP) is 3.51. The van der Waals surface area contributed by atoms with E-state index in [1.54, 1.807) is 0 Å². The first kappa shape index (κ1) is 19.1. The lowest BCUT2D eigenvalue weighted by atomic mass is 10.2. The van der Waals surface area contributed by atoms with Crippen molar-refractivity contribution in [1.29, 1.82) is 0 Å². The van der Waals surface area contributed by atoms with Crippen molar-refractivity contribution in [3.8, 4) is 0 Å². The van der Waals surface area contributed by atoms with E-state index < -0.39 is 10.1 Å². The lowest BCUT2D eigenvalue weighted by molar-refractivity contribution is -0.662. The fourth-order valence-corrected chi connectivity index (χ4v) is 3.10. The molecule has 0 aliphatic heterocycles. The summed E-state index contributed by atoms with van der Waals surface area (Å²) in [6.07, 6.45) is 3.36. The van der Waals surface area contributed by atoms with E-state index in [-0.39, 0.29) is 5.75 Å². The van der Waals surface area contributed by atoms with Gasteiger partial charge in [-0.2, -0.15) is 4.57 Å². The van der Waals surface area contributed by atoms with Crippen LogP contribution in [0.4, 0.5) is 0 Å². The summed E-state index contributed by atoms with van der Waals surface area (Å²) in [5.41, 5.74) is 2.60. The smallest absolute Gasteiger partial charge is 0.212 e. The van der Waals surface area contributed by atoms with Crippen LogP contribution >= 0.6 is 0 Å². The van der Waals surface area contributed by atoms with Crippen LogP contribution in [0, 0.1) is 0 Å². The maximum absolute atomic E-state index is 9.83. The van der Waals surface area contributed by atoms with Crippen molar-refractivity contribution >= 4 is 21.0 Å². The number of para-hydroxylation sites is 1. The maximum Gasteiger partial charge on any atom is 0.212 e. The topological polar surface area (TPSA) is 61.1 Å². The average molecular weight is 357 g/mol. The van der Waals surface area contributed by atoms with Crippen molar-refractivity contribution in [2.45, 2.75) is 26.3 Å². The summed E-state index contributed by atoms with van der Waals surface area (Å²) in [5, 5.41) is 1.28. The number of aromatic nitrogens is 1. The molecule has 3 rings (SSSR count). The third-order valence-electron chi connectivity index (χ3n) is 3.73. The van der Waals surface area contributed by atoms with Crippen LogP contribution in [0.5, 0.6) is 0 Å². The summed E-state index contributed by atoms with van der Waals surface area (Å²) in [6.45, 7) is 2.76. The van der Waals surface area contributed by atoms with E-state index in [4.69, 9.17) is 0 Å².